The van der Waals surface area contributed by atoms with Crippen molar-refractivity contribution in [3.05, 3.63) is 54.7 Å². The van der Waals surface area contributed by atoms with Gasteiger partial charge in [0.25, 0.3) is 11.8 Å². The number of hydrogen-bond donors (Lipinski definition) is 1. The number of carbonyl (C=O) groups is 1. The van der Waals surface area contributed by atoms with Gasteiger partial charge in [0.15, 0.2) is 5.82 Å². The highest BCUT2D eigenvalue weighted by atomic mass is 19.3. The van der Waals surface area contributed by atoms with Gasteiger partial charge in [-0.15, -0.1) is 0 Å². The van der Waals surface area contributed by atoms with Crippen molar-refractivity contribution in [1.82, 2.24) is 34.6 Å². The van der Waals surface area contributed by atoms with E-state index < -0.39 is 5.92 Å². The number of fused-ring (bicyclic) bond motifs is 1. The normalized spacial score (nSPS) is 16.1. The molecule has 1 aromatic carbocycles. The lowest BCUT2D eigenvalue weighted by molar-refractivity contribution is -0.0494. The topological polar surface area (TPSA) is 92.6 Å². The number of nitrogens with one attached hydrogen (secondary N) is 1. The summed E-state index contributed by atoms with van der Waals surface area (Å²) in [7, 11) is 0. The molecule has 8 nitrogen and oxygen atoms in total. The molecular formula is C20H17F2N7O. The first-order valence-electron chi connectivity index (χ1n) is 9.47. The summed E-state index contributed by atoms with van der Waals surface area (Å²) in [6, 6.07) is 8.91. The van der Waals surface area contributed by atoms with Crippen molar-refractivity contribution in [2.75, 3.05) is 13.1 Å². The minimum atomic E-state index is -2.68. The summed E-state index contributed by atoms with van der Waals surface area (Å²) in [5, 5.41) is 6.58. The van der Waals surface area contributed by atoms with E-state index in [0.29, 0.717) is 22.6 Å². The summed E-state index contributed by atoms with van der Waals surface area (Å²) in [5.74, 6) is -2.35. The van der Waals surface area contributed by atoms with E-state index in [0.717, 1.165) is 11.2 Å². The SMILES string of the molecule is O=C(c1ccc2c(c1)ncn2-c1ccc(-c2ncn[nH]2)nc1)N1CCC(F)(F)CC1. The predicted octanol–water partition coefficient (Wildman–Crippen LogP) is 3.08. The lowest BCUT2D eigenvalue weighted by Gasteiger charge is -2.31. The molecular weight excluding hydrogens is 392 g/mol. The summed E-state index contributed by atoms with van der Waals surface area (Å²) in [6.07, 6.45) is 4.18. The van der Waals surface area contributed by atoms with E-state index >= 15 is 0 Å². The number of aromatic amines is 1. The zero-order chi connectivity index (χ0) is 20.7. The second kappa shape index (κ2) is 6.97. The summed E-state index contributed by atoms with van der Waals surface area (Å²) in [4.78, 5) is 27.0. The predicted molar refractivity (Wildman–Crippen MR) is 104 cm³/mol. The number of carbonyl (C=O) groups excluding carboxylic acids is 1. The van der Waals surface area contributed by atoms with Gasteiger partial charge in [-0.1, -0.05) is 0 Å². The number of imidazole rings is 1. The van der Waals surface area contributed by atoms with E-state index in [-0.39, 0.29) is 31.8 Å². The maximum absolute atomic E-state index is 13.4. The molecule has 0 atom stereocenters. The number of likely N-dealkylation sites (tertiary alicyclic amines) is 1. The molecule has 152 valence electrons. The standard InChI is InChI=1S/C20H17F2N7O/c21-20(22)5-7-28(8-6-20)19(30)13-1-4-17-16(9-13)25-12-29(17)14-2-3-15(23-10-14)18-24-11-26-27-18/h1-4,9-12H,5-8H2,(H,24,26,27). The van der Waals surface area contributed by atoms with Crippen molar-refractivity contribution in [1.29, 1.82) is 0 Å². The quantitative estimate of drug-likeness (QED) is 0.561. The number of halogens is 2. The van der Waals surface area contributed by atoms with Crippen LogP contribution in [-0.4, -0.2) is 59.5 Å². The van der Waals surface area contributed by atoms with Crippen molar-refractivity contribution >= 4 is 16.9 Å². The van der Waals surface area contributed by atoms with Crippen molar-refractivity contribution in [3.8, 4) is 17.2 Å². The summed E-state index contributed by atoms with van der Waals surface area (Å²) in [6.45, 7) is 0.114. The van der Waals surface area contributed by atoms with E-state index in [1.807, 2.05) is 16.7 Å². The van der Waals surface area contributed by atoms with Gasteiger partial charge < -0.3 is 4.90 Å². The third-order valence-electron chi connectivity index (χ3n) is 5.26. The van der Waals surface area contributed by atoms with Crippen LogP contribution in [-0.2, 0) is 0 Å². The number of H-pyrrole nitrogens is 1. The van der Waals surface area contributed by atoms with E-state index in [2.05, 4.69) is 25.1 Å². The molecule has 1 saturated heterocycles. The zero-order valence-corrected chi connectivity index (χ0v) is 15.8. The second-order valence-electron chi connectivity index (χ2n) is 7.20. The highest BCUT2D eigenvalue weighted by molar-refractivity contribution is 5.97. The second-order valence-corrected chi connectivity index (χ2v) is 7.20. The Morgan fingerprint density at radius 3 is 2.60 bits per heavy atom. The number of amides is 1. The van der Waals surface area contributed by atoms with Crippen LogP contribution in [0.15, 0.2) is 49.2 Å². The van der Waals surface area contributed by atoms with E-state index in [4.69, 9.17) is 0 Å². The van der Waals surface area contributed by atoms with E-state index in [1.54, 1.807) is 30.7 Å². The number of nitrogens with zero attached hydrogens (tertiary/aromatic N) is 6. The van der Waals surface area contributed by atoms with Gasteiger partial charge >= 0.3 is 0 Å². The maximum Gasteiger partial charge on any atom is 0.253 e. The van der Waals surface area contributed by atoms with Crippen molar-refractivity contribution in [2.24, 2.45) is 0 Å². The Hall–Kier alpha value is -3.69. The number of hydrogen-bond acceptors (Lipinski definition) is 5. The molecule has 0 aliphatic carbocycles. The van der Waals surface area contributed by atoms with Gasteiger partial charge in [-0.05, 0) is 30.3 Å². The molecule has 1 aliphatic heterocycles. The van der Waals surface area contributed by atoms with Crippen LogP contribution in [0.2, 0.25) is 0 Å². The van der Waals surface area contributed by atoms with Crippen LogP contribution in [0.5, 0.6) is 0 Å². The monoisotopic (exact) mass is 409 g/mol. The Kier molecular flexibility index (Phi) is 4.27. The van der Waals surface area contributed by atoms with Crippen LogP contribution in [0.3, 0.4) is 0 Å². The van der Waals surface area contributed by atoms with Gasteiger partial charge in [0.2, 0.25) is 0 Å². The fourth-order valence-corrected chi connectivity index (χ4v) is 3.57. The Balaban J connectivity index is 1.39. The molecule has 0 unspecified atom stereocenters. The van der Waals surface area contributed by atoms with Crippen LogP contribution < -0.4 is 0 Å². The van der Waals surface area contributed by atoms with Gasteiger partial charge in [0.1, 0.15) is 18.3 Å². The van der Waals surface area contributed by atoms with Crippen LogP contribution in [0.1, 0.15) is 23.2 Å². The first-order valence-corrected chi connectivity index (χ1v) is 9.47. The third-order valence-corrected chi connectivity index (χ3v) is 5.26. The Morgan fingerprint density at radius 1 is 1.07 bits per heavy atom. The van der Waals surface area contributed by atoms with Gasteiger partial charge in [0, 0.05) is 31.5 Å². The minimum absolute atomic E-state index is 0.0571. The van der Waals surface area contributed by atoms with Crippen molar-refractivity contribution in [2.45, 2.75) is 18.8 Å². The molecule has 1 fully saturated rings. The number of pyridine rings is 1. The largest absolute Gasteiger partial charge is 0.338 e. The first-order chi connectivity index (χ1) is 14.5. The van der Waals surface area contributed by atoms with E-state index in [9.17, 15) is 13.6 Å². The van der Waals surface area contributed by atoms with Crippen LogP contribution >= 0.6 is 0 Å². The molecule has 0 radical (unpaired) electrons. The number of aromatic nitrogens is 6. The smallest absolute Gasteiger partial charge is 0.253 e. The number of piperidine rings is 1. The Labute approximate surface area is 169 Å². The highest BCUT2D eigenvalue weighted by Gasteiger charge is 2.35. The molecule has 5 rings (SSSR count). The summed E-state index contributed by atoms with van der Waals surface area (Å²) >= 11 is 0. The molecule has 1 aliphatic rings. The van der Waals surface area contributed by atoms with Crippen LogP contribution in [0, 0.1) is 0 Å². The molecule has 4 aromatic rings. The van der Waals surface area contributed by atoms with Crippen molar-refractivity contribution < 1.29 is 13.6 Å². The van der Waals surface area contributed by atoms with Gasteiger partial charge in [0.05, 0.1) is 22.9 Å². The molecule has 0 bridgehead atoms. The van der Waals surface area contributed by atoms with E-state index in [1.165, 1.54) is 11.2 Å². The van der Waals surface area contributed by atoms with Crippen LogP contribution in [0.25, 0.3) is 28.2 Å². The molecule has 0 saturated carbocycles. The minimum Gasteiger partial charge on any atom is -0.338 e. The molecule has 3 aromatic heterocycles. The molecule has 30 heavy (non-hydrogen) atoms. The number of benzene rings is 1. The lowest BCUT2D eigenvalue weighted by atomic mass is 10.1. The average molecular weight is 409 g/mol. The zero-order valence-electron chi connectivity index (χ0n) is 15.8. The van der Waals surface area contributed by atoms with Crippen molar-refractivity contribution in [3.63, 3.8) is 0 Å². The lowest BCUT2D eigenvalue weighted by Crippen LogP contribution is -2.42. The molecule has 1 amide bonds. The van der Waals surface area contributed by atoms with Gasteiger partial charge in [-0.25, -0.2) is 18.7 Å². The summed E-state index contributed by atoms with van der Waals surface area (Å²) < 4.78 is 28.6. The summed E-state index contributed by atoms with van der Waals surface area (Å²) in [5.41, 5.74) is 3.36. The molecule has 10 heteroatoms. The highest BCUT2D eigenvalue weighted by Crippen LogP contribution is 2.29. The maximum atomic E-state index is 13.4. The fraction of sp³-hybridized carbons (Fsp3) is 0.250. The van der Waals surface area contributed by atoms with Gasteiger partial charge in [-0.3, -0.25) is 19.4 Å². The third kappa shape index (κ3) is 3.30. The molecule has 0 spiro atoms. The Morgan fingerprint density at radius 2 is 1.90 bits per heavy atom. The number of rotatable bonds is 3. The number of alkyl halides is 2. The van der Waals surface area contributed by atoms with Crippen LogP contribution in [0.4, 0.5) is 8.78 Å². The van der Waals surface area contributed by atoms with Gasteiger partial charge in [-0.2, -0.15) is 5.10 Å². The fourth-order valence-electron chi connectivity index (χ4n) is 3.57. The average Bonchev–Trinajstić information content (AvgIpc) is 3.43. The first kappa shape index (κ1) is 18.3. The molecule has 1 N–H and O–H groups in total. The molecule has 4 heterocycles. The Bertz CT molecular complexity index is 1190.